The number of ether oxygens (including phenoxy) is 1. The van der Waals surface area contributed by atoms with Gasteiger partial charge in [0.25, 0.3) is 5.91 Å². The first-order valence-electron chi connectivity index (χ1n) is 7.22. The Bertz CT molecular complexity index is 516. The van der Waals surface area contributed by atoms with Gasteiger partial charge in [0.2, 0.25) is 0 Å². The fraction of sp³-hybridized carbons (Fsp3) is 0.533. The van der Waals surface area contributed by atoms with E-state index in [1.54, 1.807) is 6.07 Å². The largest absolute Gasteiger partial charge is 0.377 e. The summed E-state index contributed by atoms with van der Waals surface area (Å²) in [6.07, 6.45) is 2.52. The summed E-state index contributed by atoms with van der Waals surface area (Å²) in [6.45, 7) is 3.08. The van der Waals surface area contributed by atoms with Crippen LogP contribution < -0.4 is 5.48 Å². The lowest BCUT2D eigenvalue weighted by molar-refractivity contribution is 0.00437. The molecule has 1 amide bonds. The van der Waals surface area contributed by atoms with E-state index >= 15 is 0 Å². The number of carbonyl (C=O) groups is 1. The number of hydroxylamine groups is 1. The molecule has 1 aromatic rings. The van der Waals surface area contributed by atoms with Crippen molar-refractivity contribution in [2.75, 3.05) is 19.7 Å². The molecule has 0 unspecified atom stereocenters. The normalized spacial score (nSPS) is 25.6. The Hall–Kier alpha value is -1.50. The highest BCUT2D eigenvalue weighted by Gasteiger charge is 2.30. The van der Waals surface area contributed by atoms with E-state index in [1.807, 2.05) is 0 Å². The predicted molar refractivity (Wildman–Crippen MR) is 73.4 cm³/mol. The van der Waals surface area contributed by atoms with E-state index in [-0.39, 0.29) is 11.7 Å². The number of benzene rings is 1. The molecule has 1 aromatic carbocycles. The van der Waals surface area contributed by atoms with Gasteiger partial charge >= 0.3 is 0 Å². The van der Waals surface area contributed by atoms with Crippen LogP contribution in [-0.4, -0.2) is 41.8 Å². The van der Waals surface area contributed by atoms with Gasteiger partial charge in [0.05, 0.1) is 12.7 Å². The van der Waals surface area contributed by atoms with Crippen LogP contribution in [0, 0.1) is 11.7 Å². The van der Waals surface area contributed by atoms with Gasteiger partial charge in [-0.25, -0.2) is 9.87 Å². The number of rotatable bonds is 3. The first kappa shape index (κ1) is 14.4. The zero-order chi connectivity index (χ0) is 14.8. The molecular weight excluding hydrogens is 275 g/mol. The number of nitrogens with zero attached hydrogens (tertiary/aromatic N) is 1. The van der Waals surface area contributed by atoms with Crippen molar-refractivity contribution < 1.29 is 19.1 Å². The first-order chi connectivity index (χ1) is 10.2. The molecule has 114 valence electrons. The maximum Gasteiger partial charge on any atom is 0.274 e. The second kappa shape index (κ2) is 6.09. The van der Waals surface area contributed by atoms with E-state index in [0.717, 1.165) is 32.2 Å². The molecule has 3 aliphatic rings. The van der Waals surface area contributed by atoms with Gasteiger partial charge in [-0.15, -0.1) is 0 Å². The van der Waals surface area contributed by atoms with Crippen LogP contribution in [0.1, 0.15) is 28.8 Å². The lowest BCUT2D eigenvalue weighted by Gasteiger charge is -2.22. The van der Waals surface area contributed by atoms with Crippen molar-refractivity contribution in [3.63, 3.8) is 0 Å². The minimum absolute atomic E-state index is 0.109. The monoisotopic (exact) mass is 294 g/mol. The quantitative estimate of drug-likeness (QED) is 0.656. The van der Waals surface area contributed by atoms with Crippen molar-refractivity contribution in [1.82, 2.24) is 10.4 Å². The molecule has 0 aromatic heterocycles. The topological polar surface area (TPSA) is 61.8 Å². The average Bonchev–Trinajstić information content (AvgIpc) is 2.81. The zero-order valence-corrected chi connectivity index (χ0v) is 11.7. The summed E-state index contributed by atoms with van der Waals surface area (Å²) in [5, 5.41) is 8.56. The Morgan fingerprint density at radius 2 is 2.29 bits per heavy atom. The Morgan fingerprint density at radius 3 is 2.95 bits per heavy atom. The summed E-state index contributed by atoms with van der Waals surface area (Å²) in [7, 11) is 0. The number of carbonyl (C=O) groups excluding carboxylic acids is 1. The summed E-state index contributed by atoms with van der Waals surface area (Å²) >= 11 is 0. The van der Waals surface area contributed by atoms with Gasteiger partial charge in [-0.2, -0.15) is 0 Å². The molecular formula is C15H19FN2O3. The third-order valence-corrected chi connectivity index (χ3v) is 4.25. The van der Waals surface area contributed by atoms with Crippen molar-refractivity contribution in [1.29, 1.82) is 0 Å². The standard InChI is InChI=1S/C15H19FN2O3/c16-14-5-11(15(19)17-20)2-3-12(14)7-18-6-10-1-4-13(8-18)21-9-10/h2-3,5,10,13,20H,1,4,6-9H2,(H,17,19)/t10-,13+/m1/s1. The van der Waals surface area contributed by atoms with E-state index in [2.05, 4.69) is 4.90 Å². The van der Waals surface area contributed by atoms with Crippen molar-refractivity contribution >= 4 is 5.91 Å². The van der Waals surface area contributed by atoms with Crippen LogP contribution in [0.4, 0.5) is 4.39 Å². The summed E-state index contributed by atoms with van der Waals surface area (Å²) < 4.78 is 19.8. The summed E-state index contributed by atoms with van der Waals surface area (Å²) in [5.74, 6) is -0.596. The fourth-order valence-corrected chi connectivity index (χ4v) is 3.13. The van der Waals surface area contributed by atoms with Gasteiger partial charge in [0, 0.05) is 30.8 Å². The predicted octanol–water partition coefficient (Wildman–Crippen LogP) is 1.56. The van der Waals surface area contributed by atoms with Crippen LogP contribution in [0.5, 0.6) is 0 Å². The lowest BCUT2D eigenvalue weighted by Crippen LogP contribution is -2.30. The Morgan fingerprint density at radius 1 is 1.43 bits per heavy atom. The van der Waals surface area contributed by atoms with Crippen LogP contribution in [0.2, 0.25) is 0 Å². The molecule has 2 N–H and O–H groups in total. The summed E-state index contributed by atoms with van der Waals surface area (Å²) in [5.41, 5.74) is 2.18. The molecule has 21 heavy (non-hydrogen) atoms. The van der Waals surface area contributed by atoms with Crippen LogP contribution in [-0.2, 0) is 11.3 Å². The smallest absolute Gasteiger partial charge is 0.274 e. The van der Waals surface area contributed by atoms with Crippen molar-refractivity contribution in [3.8, 4) is 0 Å². The second-order valence-corrected chi connectivity index (χ2v) is 5.84. The minimum Gasteiger partial charge on any atom is -0.377 e. The molecule has 3 saturated heterocycles. The maximum atomic E-state index is 14.1. The van der Waals surface area contributed by atoms with E-state index in [9.17, 15) is 9.18 Å². The van der Waals surface area contributed by atoms with Crippen molar-refractivity contribution in [2.45, 2.75) is 25.5 Å². The zero-order valence-electron chi connectivity index (χ0n) is 11.7. The summed E-state index contributed by atoms with van der Waals surface area (Å²) in [6, 6.07) is 4.28. The van der Waals surface area contributed by atoms with Gasteiger partial charge in [-0.05, 0) is 30.9 Å². The Balaban J connectivity index is 1.71. The molecule has 0 spiro atoms. The average molecular weight is 294 g/mol. The van der Waals surface area contributed by atoms with Crippen LogP contribution in [0.3, 0.4) is 0 Å². The SMILES string of the molecule is O=C(NO)c1ccc(CN2C[C@H]3CC[C@@H](C2)OC3)c(F)c1. The molecule has 6 heteroatoms. The molecule has 4 rings (SSSR count). The van der Waals surface area contributed by atoms with Gasteiger partial charge in [-0.3, -0.25) is 14.9 Å². The third-order valence-electron chi connectivity index (χ3n) is 4.25. The molecule has 0 saturated carbocycles. The molecule has 3 heterocycles. The van der Waals surface area contributed by atoms with E-state index in [1.165, 1.54) is 18.0 Å². The first-order valence-corrected chi connectivity index (χ1v) is 7.22. The van der Waals surface area contributed by atoms with E-state index in [4.69, 9.17) is 9.94 Å². The van der Waals surface area contributed by atoms with Crippen molar-refractivity contribution in [3.05, 3.63) is 35.1 Å². The molecule has 0 radical (unpaired) electrons. The third kappa shape index (κ3) is 3.23. The molecule has 3 aliphatic heterocycles. The fourth-order valence-electron chi connectivity index (χ4n) is 3.13. The van der Waals surface area contributed by atoms with Gasteiger partial charge < -0.3 is 4.74 Å². The molecule has 3 fully saturated rings. The van der Waals surface area contributed by atoms with Crippen LogP contribution in [0.15, 0.2) is 18.2 Å². The number of nitrogens with one attached hydrogen (secondary N) is 1. The van der Waals surface area contributed by atoms with E-state index < -0.39 is 11.7 Å². The molecule has 0 aliphatic carbocycles. The van der Waals surface area contributed by atoms with Crippen molar-refractivity contribution in [2.24, 2.45) is 5.92 Å². The van der Waals surface area contributed by atoms with Gasteiger partial charge in [0.1, 0.15) is 5.82 Å². The Labute approximate surface area is 122 Å². The molecule has 2 bridgehead atoms. The number of fused-ring (bicyclic) bond motifs is 4. The lowest BCUT2D eigenvalue weighted by atomic mass is 10.0. The maximum absolute atomic E-state index is 14.1. The molecule has 2 atom stereocenters. The van der Waals surface area contributed by atoms with Gasteiger partial charge in [-0.1, -0.05) is 6.07 Å². The summed E-state index contributed by atoms with van der Waals surface area (Å²) in [4.78, 5) is 13.5. The number of halogens is 1. The second-order valence-electron chi connectivity index (χ2n) is 5.84. The molecule has 5 nitrogen and oxygen atoms in total. The highest BCUT2D eigenvalue weighted by Crippen LogP contribution is 2.26. The number of hydrogen-bond acceptors (Lipinski definition) is 4. The minimum atomic E-state index is -0.707. The van der Waals surface area contributed by atoms with E-state index in [0.29, 0.717) is 18.0 Å². The Kier molecular flexibility index (Phi) is 4.19. The van der Waals surface area contributed by atoms with Crippen LogP contribution >= 0.6 is 0 Å². The highest BCUT2D eigenvalue weighted by molar-refractivity contribution is 5.93. The highest BCUT2D eigenvalue weighted by atomic mass is 19.1. The van der Waals surface area contributed by atoms with Crippen LogP contribution in [0.25, 0.3) is 0 Å². The number of hydrogen-bond donors (Lipinski definition) is 2. The number of amides is 1. The van der Waals surface area contributed by atoms with Gasteiger partial charge in [0.15, 0.2) is 0 Å².